The predicted octanol–water partition coefficient (Wildman–Crippen LogP) is 24.0. The molecule has 0 bridgehead atoms. The minimum absolute atomic E-state index is 0.0542. The highest BCUT2D eigenvalue weighted by Gasteiger charge is 2.26. The molecule has 0 aromatic heterocycles. The number of ether oxygens (including phenoxy) is 2. The zero-order valence-electron chi connectivity index (χ0n) is 55.8. The van der Waals surface area contributed by atoms with Crippen LogP contribution in [0, 0.1) is 0 Å². The topological polar surface area (TPSA) is 134 Å². The lowest BCUT2D eigenvalue weighted by Gasteiger charge is -2.19. The van der Waals surface area contributed by atoms with Crippen molar-refractivity contribution in [2.75, 3.05) is 26.4 Å². The van der Waals surface area contributed by atoms with Gasteiger partial charge < -0.3 is 20.1 Å². The van der Waals surface area contributed by atoms with Gasteiger partial charge in [-0.05, 0) is 83.5 Å². The molecular weight excluding hydrogens is 1070 g/mol. The molecule has 2 unspecified atom stereocenters. The van der Waals surface area contributed by atoms with Crippen LogP contribution in [0.2, 0.25) is 0 Å². The Kier molecular flexibility index (Phi) is 68.4. The van der Waals surface area contributed by atoms with Gasteiger partial charge in [0.15, 0.2) is 6.10 Å². The lowest BCUT2D eigenvalue weighted by Crippen LogP contribution is -2.29. The van der Waals surface area contributed by atoms with Gasteiger partial charge in [-0.3, -0.25) is 18.6 Å². The standard InChI is InChI=1S/C75H138NO8P/c1-3-5-7-9-11-13-15-17-19-21-23-25-27-29-31-32-33-34-35-36-37-38-39-40-42-44-46-48-50-52-54-56-58-60-62-64-66-68-75(78)84-73(72-83-85(79,80)82-70-69-76)71-81-74(77)67-65-63-61-59-57-55-53-51-49-47-45-43-41-30-28-26-24-22-20-18-16-14-12-10-8-6-4-2/h5,7,11,13,16-19,22-25,73H,3-4,6,8-10,12,14-15,20-21,26-72,76H2,1-2H3,(H,79,80)/b7-5-,13-11-,18-16-,19-17-,24-22-,25-23-. The minimum Gasteiger partial charge on any atom is -0.462 e. The molecule has 0 aliphatic rings. The molecule has 0 saturated heterocycles. The molecule has 2 atom stereocenters. The molecule has 0 heterocycles. The van der Waals surface area contributed by atoms with E-state index in [1.54, 1.807) is 0 Å². The Balaban J connectivity index is 3.80. The predicted molar refractivity (Wildman–Crippen MR) is 367 cm³/mol. The second-order valence-electron chi connectivity index (χ2n) is 24.4. The van der Waals surface area contributed by atoms with Gasteiger partial charge in [0.2, 0.25) is 0 Å². The number of phosphoric ester groups is 1. The molecule has 10 heteroatoms. The van der Waals surface area contributed by atoms with Crippen LogP contribution in [0.3, 0.4) is 0 Å². The summed E-state index contributed by atoms with van der Waals surface area (Å²) in [7, 11) is -4.39. The van der Waals surface area contributed by atoms with Crippen LogP contribution in [0.5, 0.6) is 0 Å². The molecule has 0 aliphatic carbocycles. The van der Waals surface area contributed by atoms with Crippen LogP contribution in [0.1, 0.15) is 361 Å². The van der Waals surface area contributed by atoms with Crippen molar-refractivity contribution in [2.24, 2.45) is 5.73 Å². The number of hydrogen-bond acceptors (Lipinski definition) is 8. The van der Waals surface area contributed by atoms with Crippen molar-refractivity contribution >= 4 is 19.8 Å². The van der Waals surface area contributed by atoms with Crippen molar-refractivity contribution in [2.45, 2.75) is 367 Å². The summed E-state index contributed by atoms with van der Waals surface area (Å²) in [6.07, 6.45) is 93.0. The molecule has 0 saturated carbocycles. The van der Waals surface area contributed by atoms with Gasteiger partial charge in [0.1, 0.15) is 6.61 Å². The summed E-state index contributed by atoms with van der Waals surface area (Å²) in [5.74, 6) is -0.809. The van der Waals surface area contributed by atoms with Crippen molar-refractivity contribution in [1.29, 1.82) is 0 Å². The van der Waals surface area contributed by atoms with E-state index < -0.39 is 26.5 Å². The third-order valence-electron chi connectivity index (χ3n) is 16.1. The lowest BCUT2D eigenvalue weighted by atomic mass is 10.0. The van der Waals surface area contributed by atoms with Gasteiger partial charge in [-0.15, -0.1) is 0 Å². The summed E-state index contributed by atoms with van der Waals surface area (Å²) in [6.45, 7) is 3.68. The Morgan fingerprint density at radius 1 is 0.365 bits per heavy atom. The largest absolute Gasteiger partial charge is 0.472 e. The number of carbonyl (C=O) groups is 2. The first-order valence-corrected chi connectivity index (χ1v) is 37.9. The minimum atomic E-state index is -4.39. The van der Waals surface area contributed by atoms with Gasteiger partial charge in [0.25, 0.3) is 0 Å². The fourth-order valence-electron chi connectivity index (χ4n) is 10.7. The molecular formula is C75H138NO8P. The fraction of sp³-hybridized carbons (Fsp3) is 0.813. The number of allylic oxidation sites excluding steroid dienone is 12. The van der Waals surface area contributed by atoms with E-state index in [9.17, 15) is 19.0 Å². The molecule has 3 N–H and O–H groups in total. The highest BCUT2D eigenvalue weighted by atomic mass is 31.2. The van der Waals surface area contributed by atoms with E-state index in [0.717, 1.165) is 64.2 Å². The van der Waals surface area contributed by atoms with Gasteiger partial charge >= 0.3 is 19.8 Å². The van der Waals surface area contributed by atoms with Crippen LogP contribution in [-0.2, 0) is 32.7 Å². The summed E-state index contributed by atoms with van der Waals surface area (Å²) in [5, 5.41) is 0. The zero-order chi connectivity index (χ0) is 61.6. The van der Waals surface area contributed by atoms with Gasteiger partial charge in [0, 0.05) is 19.4 Å². The number of unbranched alkanes of at least 4 members (excludes halogenated alkanes) is 44. The lowest BCUT2D eigenvalue weighted by molar-refractivity contribution is -0.161. The van der Waals surface area contributed by atoms with Crippen molar-refractivity contribution in [3.05, 3.63) is 72.9 Å². The quantitative estimate of drug-likeness (QED) is 0.0264. The summed E-state index contributed by atoms with van der Waals surface area (Å²) in [6, 6.07) is 0. The molecule has 0 radical (unpaired) electrons. The maximum Gasteiger partial charge on any atom is 0.472 e. The van der Waals surface area contributed by atoms with Crippen LogP contribution in [0.25, 0.3) is 0 Å². The molecule has 0 rings (SSSR count). The van der Waals surface area contributed by atoms with Gasteiger partial charge in [-0.2, -0.15) is 0 Å². The molecule has 0 amide bonds. The first-order chi connectivity index (χ1) is 41.8. The number of hydrogen-bond donors (Lipinski definition) is 2. The molecule has 496 valence electrons. The highest BCUT2D eigenvalue weighted by Crippen LogP contribution is 2.43. The maximum absolute atomic E-state index is 12.8. The number of esters is 2. The molecule has 0 spiro atoms. The molecule has 0 aromatic carbocycles. The average molecular weight is 1210 g/mol. The number of nitrogens with two attached hydrogens (primary N) is 1. The highest BCUT2D eigenvalue weighted by molar-refractivity contribution is 7.47. The van der Waals surface area contributed by atoms with Crippen LogP contribution < -0.4 is 5.73 Å². The summed E-state index contributed by atoms with van der Waals surface area (Å²) >= 11 is 0. The Morgan fingerprint density at radius 3 is 0.965 bits per heavy atom. The van der Waals surface area contributed by atoms with E-state index in [2.05, 4.69) is 86.8 Å². The Bertz CT molecular complexity index is 1620. The Labute approximate surface area is 526 Å². The molecule has 85 heavy (non-hydrogen) atoms. The van der Waals surface area contributed by atoms with Crippen LogP contribution in [-0.4, -0.2) is 49.3 Å². The van der Waals surface area contributed by atoms with E-state index in [4.69, 9.17) is 24.3 Å². The Hall–Kier alpha value is -2.55. The number of phosphoric acid groups is 1. The van der Waals surface area contributed by atoms with Crippen molar-refractivity contribution in [1.82, 2.24) is 0 Å². The summed E-state index contributed by atoms with van der Waals surface area (Å²) in [5.41, 5.74) is 5.41. The van der Waals surface area contributed by atoms with Crippen molar-refractivity contribution < 1.29 is 37.6 Å². The molecule has 0 fully saturated rings. The summed E-state index contributed by atoms with van der Waals surface area (Å²) < 4.78 is 33.2. The van der Waals surface area contributed by atoms with E-state index in [1.807, 2.05) is 0 Å². The Morgan fingerprint density at radius 2 is 0.647 bits per heavy atom. The second kappa shape index (κ2) is 70.5. The van der Waals surface area contributed by atoms with Gasteiger partial charge in [-0.25, -0.2) is 4.57 Å². The van der Waals surface area contributed by atoms with Gasteiger partial charge in [0.05, 0.1) is 13.2 Å². The zero-order valence-corrected chi connectivity index (χ0v) is 56.7. The van der Waals surface area contributed by atoms with Crippen molar-refractivity contribution in [3.63, 3.8) is 0 Å². The monoisotopic (exact) mass is 1210 g/mol. The third-order valence-corrected chi connectivity index (χ3v) is 17.1. The number of rotatable bonds is 69. The van der Waals surface area contributed by atoms with E-state index in [0.29, 0.717) is 6.42 Å². The van der Waals surface area contributed by atoms with Gasteiger partial charge in [-0.1, -0.05) is 337 Å². The SMILES string of the molecule is CC/C=C\C/C=C\C/C=C\C/C=C\CCCCCCCCCCCCCCCCCCCCCCCCCCC(=O)OC(COC(=O)CCCCCCCCCCCCCCCCC/C=C\C/C=C\CCCCCCC)COP(=O)(O)OCCN. The molecule has 9 nitrogen and oxygen atoms in total. The van der Waals surface area contributed by atoms with E-state index in [-0.39, 0.29) is 38.6 Å². The normalized spacial score (nSPS) is 13.3. The first kappa shape index (κ1) is 82.5. The van der Waals surface area contributed by atoms with Crippen LogP contribution in [0.15, 0.2) is 72.9 Å². The average Bonchev–Trinajstić information content (AvgIpc) is 3.52. The van der Waals surface area contributed by atoms with E-state index >= 15 is 0 Å². The van der Waals surface area contributed by atoms with E-state index in [1.165, 1.54) is 263 Å². The third kappa shape index (κ3) is 70.4. The summed E-state index contributed by atoms with van der Waals surface area (Å²) in [4.78, 5) is 35.4. The number of carbonyl (C=O) groups excluding carboxylic acids is 2. The molecule has 0 aromatic rings. The fourth-order valence-corrected chi connectivity index (χ4v) is 11.5. The maximum atomic E-state index is 12.8. The van der Waals surface area contributed by atoms with Crippen molar-refractivity contribution in [3.8, 4) is 0 Å². The second-order valence-corrected chi connectivity index (χ2v) is 25.9. The first-order valence-electron chi connectivity index (χ1n) is 36.4. The molecule has 0 aliphatic heterocycles. The smallest absolute Gasteiger partial charge is 0.462 e. The van der Waals surface area contributed by atoms with Crippen LogP contribution >= 0.6 is 7.82 Å². The van der Waals surface area contributed by atoms with Crippen LogP contribution in [0.4, 0.5) is 0 Å².